The summed E-state index contributed by atoms with van der Waals surface area (Å²) < 4.78 is 8.46. The molecule has 9 rings (SSSR count). The first-order chi connectivity index (χ1) is 19.8. The predicted molar refractivity (Wildman–Crippen MR) is 164 cm³/mol. The first-order valence-corrected chi connectivity index (χ1v) is 13.4. The van der Waals surface area contributed by atoms with Gasteiger partial charge in [0.05, 0.1) is 29.1 Å². The molecule has 0 aliphatic rings. The molecule has 0 amide bonds. The highest BCUT2D eigenvalue weighted by Gasteiger charge is 2.17. The Morgan fingerprint density at radius 1 is 0.475 bits per heavy atom. The molecular formula is C36H21N3O. The van der Waals surface area contributed by atoms with Crippen molar-refractivity contribution in [3.63, 3.8) is 0 Å². The van der Waals surface area contributed by atoms with Crippen LogP contribution < -0.4 is 0 Å². The van der Waals surface area contributed by atoms with Gasteiger partial charge in [0.25, 0.3) is 0 Å². The minimum absolute atomic E-state index is 0.892. The van der Waals surface area contributed by atoms with E-state index in [1.165, 1.54) is 32.6 Å². The number of nitrogens with zero attached hydrogens (tertiary/aromatic N) is 3. The lowest BCUT2D eigenvalue weighted by Gasteiger charge is -2.14. The summed E-state index contributed by atoms with van der Waals surface area (Å²) in [6.45, 7) is 0. The molecule has 4 nitrogen and oxygen atoms in total. The van der Waals surface area contributed by atoms with Gasteiger partial charge in [0.1, 0.15) is 11.2 Å². The number of benzene rings is 6. The van der Waals surface area contributed by atoms with E-state index in [1.54, 1.807) is 0 Å². The number of para-hydroxylation sites is 2. The summed E-state index contributed by atoms with van der Waals surface area (Å²) in [6, 6.07) is 40.9. The molecular weight excluding hydrogens is 490 g/mol. The smallest absolute Gasteiger partial charge is 0.135 e. The maximum atomic E-state index is 6.09. The van der Waals surface area contributed by atoms with Gasteiger partial charge in [0, 0.05) is 32.3 Å². The maximum absolute atomic E-state index is 6.09. The number of aromatic nitrogens is 3. The third-order valence-electron chi connectivity index (χ3n) is 8.17. The Labute approximate surface area is 228 Å². The number of fused-ring (bicyclic) bond motifs is 8. The molecule has 0 saturated carbocycles. The Kier molecular flexibility index (Phi) is 4.30. The molecule has 40 heavy (non-hydrogen) atoms. The van der Waals surface area contributed by atoms with Crippen molar-refractivity contribution >= 4 is 65.3 Å². The highest BCUT2D eigenvalue weighted by molar-refractivity contribution is 6.15. The van der Waals surface area contributed by atoms with E-state index in [2.05, 4.69) is 118 Å². The molecule has 0 fully saturated rings. The lowest BCUT2D eigenvalue weighted by Crippen LogP contribution is -1.97. The monoisotopic (exact) mass is 511 g/mol. The Balaban J connectivity index is 1.34. The van der Waals surface area contributed by atoms with Crippen molar-refractivity contribution in [3.05, 3.63) is 128 Å². The molecule has 0 aliphatic heterocycles. The van der Waals surface area contributed by atoms with Gasteiger partial charge in [-0.05, 0) is 64.4 Å². The van der Waals surface area contributed by atoms with Crippen LogP contribution in [0, 0.1) is 0 Å². The fourth-order valence-electron chi connectivity index (χ4n) is 6.34. The van der Waals surface area contributed by atoms with Gasteiger partial charge in [-0.1, -0.05) is 72.8 Å². The van der Waals surface area contributed by atoms with Crippen LogP contribution in [0.5, 0.6) is 0 Å². The second-order valence-corrected chi connectivity index (χ2v) is 10.3. The van der Waals surface area contributed by atoms with Crippen LogP contribution >= 0.6 is 0 Å². The van der Waals surface area contributed by atoms with Crippen LogP contribution in [0.4, 0.5) is 0 Å². The molecule has 4 heteroatoms. The van der Waals surface area contributed by atoms with Crippen LogP contribution in [0.2, 0.25) is 0 Å². The zero-order valence-electron chi connectivity index (χ0n) is 21.4. The molecule has 3 heterocycles. The van der Waals surface area contributed by atoms with Crippen LogP contribution in [0.1, 0.15) is 0 Å². The topological polar surface area (TPSA) is 43.9 Å². The lowest BCUT2D eigenvalue weighted by molar-refractivity contribution is 0.669. The Bertz CT molecular complexity index is 2450. The van der Waals surface area contributed by atoms with Crippen molar-refractivity contribution in [2.24, 2.45) is 0 Å². The van der Waals surface area contributed by atoms with E-state index in [-0.39, 0.29) is 0 Å². The van der Waals surface area contributed by atoms with Gasteiger partial charge in [-0.15, -0.1) is 0 Å². The van der Waals surface area contributed by atoms with E-state index in [0.29, 0.717) is 0 Å². The van der Waals surface area contributed by atoms with Gasteiger partial charge in [-0.25, -0.2) is 0 Å². The molecule has 3 aromatic heterocycles. The average Bonchev–Trinajstić information content (AvgIpc) is 3.54. The quantitative estimate of drug-likeness (QED) is 0.232. The standard InChI is InChI=1S/C36H21N3O/c1-2-8-23-19-34-28(17-22(23)7-1)26-9-3-5-11-32(26)39(34)33-15-14-25(30-20-37-38-21-31(30)33)24-13-16-36-29(18-24)27-10-4-6-12-35(27)40-36/h1-21H. The molecule has 0 saturated heterocycles. The molecule has 186 valence electrons. The minimum Gasteiger partial charge on any atom is -0.456 e. The fraction of sp³-hybridized carbons (Fsp3) is 0. The first kappa shape index (κ1) is 21.5. The van der Waals surface area contributed by atoms with Crippen LogP contribution in [0.25, 0.3) is 82.1 Å². The Morgan fingerprint density at radius 2 is 1.20 bits per heavy atom. The van der Waals surface area contributed by atoms with Crippen LogP contribution in [-0.4, -0.2) is 14.8 Å². The Morgan fingerprint density at radius 3 is 2.10 bits per heavy atom. The van der Waals surface area contributed by atoms with E-state index in [9.17, 15) is 0 Å². The van der Waals surface area contributed by atoms with Crippen molar-refractivity contribution in [1.29, 1.82) is 0 Å². The van der Waals surface area contributed by atoms with Gasteiger partial charge in [0.2, 0.25) is 0 Å². The molecule has 0 atom stereocenters. The largest absolute Gasteiger partial charge is 0.456 e. The van der Waals surface area contributed by atoms with Crippen molar-refractivity contribution in [3.8, 4) is 16.8 Å². The normalized spacial score (nSPS) is 12.0. The lowest BCUT2D eigenvalue weighted by atomic mass is 9.97. The summed E-state index contributed by atoms with van der Waals surface area (Å²) in [4.78, 5) is 0. The molecule has 0 unspecified atom stereocenters. The van der Waals surface area contributed by atoms with E-state index in [0.717, 1.165) is 49.5 Å². The molecule has 0 bridgehead atoms. The van der Waals surface area contributed by atoms with E-state index in [4.69, 9.17) is 4.42 Å². The molecule has 0 radical (unpaired) electrons. The van der Waals surface area contributed by atoms with Gasteiger partial charge >= 0.3 is 0 Å². The summed E-state index contributed by atoms with van der Waals surface area (Å²) in [7, 11) is 0. The van der Waals surface area contributed by atoms with Crippen molar-refractivity contribution in [1.82, 2.24) is 14.8 Å². The van der Waals surface area contributed by atoms with E-state index in [1.807, 2.05) is 24.5 Å². The zero-order chi connectivity index (χ0) is 26.2. The summed E-state index contributed by atoms with van der Waals surface area (Å²) >= 11 is 0. The van der Waals surface area contributed by atoms with Gasteiger partial charge in [-0.3, -0.25) is 0 Å². The highest BCUT2D eigenvalue weighted by Crippen LogP contribution is 2.40. The molecule has 9 aromatic rings. The summed E-state index contributed by atoms with van der Waals surface area (Å²) in [5.74, 6) is 0. The van der Waals surface area contributed by atoms with E-state index >= 15 is 0 Å². The number of hydrogen-bond acceptors (Lipinski definition) is 3. The second kappa shape index (κ2) is 8.01. The Hall–Kier alpha value is -5.48. The number of rotatable bonds is 2. The fourth-order valence-corrected chi connectivity index (χ4v) is 6.34. The van der Waals surface area contributed by atoms with Crippen LogP contribution in [0.3, 0.4) is 0 Å². The first-order valence-electron chi connectivity index (χ1n) is 13.4. The highest BCUT2D eigenvalue weighted by atomic mass is 16.3. The van der Waals surface area contributed by atoms with E-state index < -0.39 is 0 Å². The van der Waals surface area contributed by atoms with Crippen LogP contribution in [0.15, 0.2) is 132 Å². The third kappa shape index (κ3) is 2.96. The van der Waals surface area contributed by atoms with Gasteiger partial charge < -0.3 is 8.98 Å². The zero-order valence-corrected chi connectivity index (χ0v) is 21.4. The molecule has 0 aliphatic carbocycles. The molecule has 0 spiro atoms. The summed E-state index contributed by atoms with van der Waals surface area (Å²) in [5, 5.41) is 17.9. The number of hydrogen-bond donors (Lipinski definition) is 0. The molecule has 6 aromatic carbocycles. The van der Waals surface area contributed by atoms with Gasteiger partial charge in [0.15, 0.2) is 0 Å². The second-order valence-electron chi connectivity index (χ2n) is 10.3. The number of furan rings is 1. The van der Waals surface area contributed by atoms with Crippen molar-refractivity contribution < 1.29 is 4.42 Å². The van der Waals surface area contributed by atoms with Gasteiger partial charge in [-0.2, -0.15) is 10.2 Å². The van der Waals surface area contributed by atoms with Crippen LogP contribution in [-0.2, 0) is 0 Å². The predicted octanol–water partition coefficient (Wildman–Crippen LogP) is 9.45. The van der Waals surface area contributed by atoms with Crippen molar-refractivity contribution in [2.45, 2.75) is 0 Å². The maximum Gasteiger partial charge on any atom is 0.135 e. The molecule has 0 N–H and O–H groups in total. The SMILES string of the molecule is c1ccc2cc3c(cc2c1)c1ccccc1n3-c1ccc(-c2ccc3oc4ccccc4c3c2)c2cnncc12. The summed E-state index contributed by atoms with van der Waals surface area (Å²) in [6.07, 6.45) is 3.77. The van der Waals surface area contributed by atoms with Crippen molar-refractivity contribution in [2.75, 3.05) is 0 Å². The average molecular weight is 512 g/mol. The summed E-state index contributed by atoms with van der Waals surface area (Å²) in [5.41, 5.74) is 7.47. The third-order valence-corrected chi connectivity index (χ3v) is 8.17. The minimum atomic E-state index is 0.892.